The molecule has 1 aliphatic heterocycles. The molecule has 0 atom stereocenters. The lowest BCUT2D eigenvalue weighted by atomic mass is 9.91. The molecule has 182 valence electrons. The maximum Gasteiger partial charge on any atom is 0.361 e. The number of nitrogens with zero attached hydrogens (tertiary/aromatic N) is 1. The van der Waals surface area contributed by atoms with Crippen LogP contribution in [0.4, 0.5) is 4.39 Å². The SMILES string of the molecule is COc1ccc(-c2c3n(c4c(=O)oc5ccc(F)cc5c24)CCc2cc(OC)c(OC)cc2-3)cc1O. The van der Waals surface area contributed by atoms with Crippen molar-refractivity contribution >= 4 is 21.9 Å². The van der Waals surface area contributed by atoms with Crippen LogP contribution in [-0.2, 0) is 13.0 Å². The monoisotopic (exact) mass is 487 g/mol. The van der Waals surface area contributed by atoms with Crippen LogP contribution >= 0.6 is 0 Å². The fraction of sp³-hybridized carbons (Fsp3) is 0.179. The Morgan fingerprint density at radius 3 is 2.42 bits per heavy atom. The number of aryl methyl sites for hydroxylation is 2. The third-order valence-electron chi connectivity index (χ3n) is 6.81. The zero-order valence-corrected chi connectivity index (χ0v) is 19.8. The van der Waals surface area contributed by atoms with E-state index in [0.717, 1.165) is 16.8 Å². The highest BCUT2D eigenvalue weighted by molar-refractivity contribution is 6.16. The fourth-order valence-electron chi connectivity index (χ4n) is 5.24. The Hall–Kier alpha value is -4.46. The number of benzene rings is 3. The predicted octanol–water partition coefficient (Wildman–Crippen LogP) is 5.51. The third kappa shape index (κ3) is 3.07. The average molecular weight is 487 g/mol. The van der Waals surface area contributed by atoms with Crippen molar-refractivity contribution in [3.63, 3.8) is 0 Å². The van der Waals surface area contributed by atoms with Crippen LogP contribution < -0.4 is 19.8 Å². The second-order valence-corrected chi connectivity index (χ2v) is 8.63. The van der Waals surface area contributed by atoms with Gasteiger partial charge in [0.25, 0.3) is 0 Å². The largest absolute Gasteiger partial charge is 0.504 e. The van der Waals surface area contributed by atoms with Gasteiger partial charge < -0.3 is 28.3 Å². The summed E-state index contributed by atoms with van der Waals surface area (Å²) in [4.78, 5) is 13.3. The molecular formula is C28H22FNO6. The molecule has 8 heteroatoms. The second-order valence-electron chi connectivity index (χ2n) is 8.63. The summed E-state index contributed by atoms with van der Waals surface area (Å²) in [7, 11) is 4.62. The van der Waals surface area contributed by atoms with Crippen LogP contribution in [0.2, 0.25) is 0 Å². The van der Waals surface area contributed by atoms with Crippen LogP contribution in [0.25, 0.3) is 44.3 Å². The van der Waals surface area contributed by atoms with Crippen molar-refractivity contribution in [2.45, 2.75) is 13.0 Å². The molecular weight excluding hydrogens is 465 g/mol. The predicted molar refractivity (Wildman–Crippen MR) is 134 cm³/mol. The molecule has 0 amide bonds. The zero-order chi connectivity index (χ0) is 25.1. The van der Waals surface area contributed by atoms with Gasteiger partial charge in [0.1, 0.15) is 16.9 Å². The third-order valence-corrected chi connectivity index (χ3v) is 6.81. The first kappa shape index (κ1) is 22.0. The summed E-state index contributed by atoms with van der Waals surface area (Å²) < 4.78 is 38.3. The summed E-state index contributed by atoms with van der Waals surface area (Å²) in [6, 6.07) is 13.0. The van der Waals surface area contributed by atoms with Crippen LogP contribution in [0.3, 0.4) is 0 Å². The number of methoxy groups -OCH3 is 3. The minimum absolute atomic E-state index is 0.0510. The van der Waals surface area contributed by atoms with Crippen molar-refractivity contribution in [2.24, 2.45) is 0 Å². The van der Waals surface area contributed by atoms with Crippen molar-refractivity contribution in [3.05, 3.63) is 70.3 Å². The summed E-state index contributed by atoms with van der Waals surface area (Å²) in [6.45, 7) is 0.502. The fourth-order valence-corrected chi connectivity index (χ4v) is 5.24. The summed E-state index contributed by atoms with van der Waals surface area (Å²) in [5.74, 6) is 0.971. The van der Waals surface area contributed by atoms with Gasteiger partial charge in [-0.15, -0.1) is 0 Å². The number of phenols is 1. The standard InChI is InChI=1S/C28H22FNO6/c1-33-21-6-4-15(10-19(21)31)24-25-18-12-16(29)5-7-20(18)36-28(32)27(25)30-9-8-14-11-22(34-2)23(35-3)13-17(14)26(24)30/h4-7,10-13,31H,8-9H2,1-3H3. The normalized spacial score (nSPS) is 12.4. The smallest absolute Gasteiger partial charge is 0.361 e. The Morgan fingerprint density at radius 1 is 0.944 bits per heavy atom. The molecule has 0 spiro atoms. The number of aromatic hydroxyl groups is 1. The van der Waals surface area contributed by atoms with Crippen LogP contribution in [0.15, 0.2) is 57.7 Å². The first-order valence-electron chi connectivity index (χ1n) is 11.4. The van der Waals surface area contributed by atoms with Crippen LogP contribution in [0, 0.1) is 5.82 Å². The van der Waals surface area contributed by atoms with Gasteiger partial charge in [0.2, 0.25) is 0 Å². The Morgan fingerprint density at radius 2 is 1.69 bits per heavy atom. The Kier molecular flexibility index (Phi) is 4.93. The highest BCUT2D eigenvalue weighted by Gasteiger charge is 2.30. The van der Waals surface area contributed by atoms with E-state index in [1.165, 1.54) is 25.3 Å². The lowest BCUT2D eigenvalue weighted by Crippen LogP contribution is -2.14. The molecule has 5 aromatic rings. The number of hydrogen-bond acceptors (Lipinski definition) is 6. The van der Waals surface area contributed by atoms with E-state index in [9.17, 15) is 14.3 Å². The molecule has 1 aliphatic rings. The van der Waals surface area contributed by atoms with Gasteiger partial charge in [0.15, 0.2) is 23.0 Å². The molecule has 2 aromatic heterocycles. The number of phenolic OH excluding ortho intramolecular Hbond substituents is 1. The number of rotatable bonds is 4. The van der Waals surface area contributed by atoms with E-state index in [-0.39, 0.29) is 11.3 Å². The van der Waals surface area contributed by atoms with Crippen LogP contribution in [-0.4, -0.2) is 31.0 Å². The number of aromatic nitrogens is 1. The summed E-state index contributed by atoms with van der Waals surface area (Å²) in [5, 5.41) is 11.6. The van der Waals surface area contributed by atoms with E-state index >= 15 is 0 Å². The topological polar surface area (TPSA) is 83.1 Å². The highest BCUT2D eigenvalue weighted by atomic mass is 19.1. The highest BCUT2D eigenvalue weighted by Crippen LogP contribution is 2.49. The van der Waals surface area contributed by atoms with Crippen molar-refractivity contribution in [1.29, 1.82) is 0 Å². The van der Waals surface area contributed by atoms with E-state index < -0.39 is 11.4 Å². The molecule has 1 N–H and O–H groups in total. The van der Waals surface area contributed by atoms with Crippen LogP contribution in [0.5, 0.6) is 23.0 Å². The molecule has 0 aliphatic carbocycles. The van der Waals surface area contributed by atoms with Gasteiger partial charge in [-0.3, -0.25) is 0 Å². The van der Waals surface area contributed by atoms with Gasteiger partial charge in [-0.1, -0.05) is 6.07 Å². The summed E-state index contributed by atoms with van der Waals surface area (Å²) in [6.07, 6.45) is 0.639. The molecule has 36 heavy (non-hydrogen) atoms. The maximum atomic E-state index is 14.5. The van der Waals surface area contributed by atoms with E-state index in [1.54, 1.807) is 26.4 Å². The zero-order valence-electron chi connectivity index (χ0n) is 19.8. The average Bonchev–Trinajstić information content (AvgIpc) is 3.24. The maximum absolute atomic E-state index is 14.5. The lowest BCUT2D eigenvalue weighted by Gasteiger charge is -2.23. The van der Waals surface area contributed by atoms with Gasteiger partial charge >= 0.3 is 5.63 Å². The first-order chi connectivity index (χ1) is 17.4. The summed E-state index contributed by atoms with van der Waals surface area (Å²) in [5.41, 5.74) is 4.05. The van der Waals surface area contributed by atoms with E-state index in [2.05, 4.69) is 0 Å². The van der Waals surface area contributed by atoms with Gasteiger partial charge in [0.05, 0.1) is 27.0 Å². The molecule has 0 saturated carbocycles. The van der Waals surface area contributed by atoms with Crippen LogP contribution in [0.1, 0.15) is 5.56 Å². The van der Waals surface area contributed by atoms with Gasteiger partial charge in [-0.25, -0.2) is 9.18 Å². The molecule has 0 radical (unpaired) electrons. The second kappa shape index (κ2) is 8.05. The number of fused-ring (bicyclic) bond motifs is 7. The Balaban J connectivity index is 1.82. The molecule has 0 fully saturated rings. The lowest BCUT2D eigenvalue weighted by molar-refractivity contribution is 0.354. The van der Waals surface area contributed by atoms with Crippen molar-refractivity contribution < 1.29 is 28.1 Å². The van der Waals surface area contributed by atoms with Crippen molar-refractivity contribution in [3.8, 4) is 45.4 Å². The molecule has 3 aromatic carbocycles. The first-order valence-corrected chi connectivity index (χ1v) is 11.4. The quantitative estimate of drug-likeness (QED) is 0.337. The van der Waals surface area contributed by atoms with Crippen molar-refractivity contribution in [1.82, 2.24) is 4.57 Å². The minimum Gasteiger partial charge on any atom is -0.504 e. The number of ether oxygens (including phenoxy) is 3. The molecule has 0 unspecified atom stereocenters. The van der Waals surface area contributed by atoms with Gasteiger partial charge in [0, 0.05) is 28.4 Å². The molecule has 7 nitrogen and oxygen atoms in total. The van der Waals surface area contributed by atoms with E-state index in [1.807, 2.05) is 22.8 Å². The van der Waals surface area contributed by atoms with Gasteiger partial charge in [-0.2, -0.15) is 0 Å². The van der Waals surface area contributed by atoms with E-state index in [4.69, 9.17) is 18.6 Å². The number of halogens is 1. The summed E-state index contributed by atoms with van der Waals surface area (Å²) >= 11 is 0. The molecule has 0 bridgehead atoms. The molecule has 3 heterocycles. The van der Waals surface area contributed by atoms with Gasteiger partial charge in [-0.05, 0) is 60.0 Å². The Labute approximate surface area is 204 Å². The Bertz CT molecular complexity index is 1750. The molecule has 0 saturated heterocycles. The number of hydrogen-bond donors (Lipinski definition) is 1. The van der Waals surface area contributed by atoms with E-state index in [0.29, 0.717) is 57.6 Å². The molecule has 6 rings (SSSR count). The minimum atomic E-state index is -0.515. The van der Waals surface area contributed by atoms with Crippen molar-refractivity contribution in [2.75, 3.05) is 21.3 Å².